The van der Waals surface area contributed by atoms with Crippen molar-refractivity contribution < 1.29 is 4.39 Å². The highest BCUT2D eigenvalue weighted by Gasteiger charge is 2.09. The van der Waals surface area contributed by atoms with Gasteiger partial charge in [-0.15, -0.1) is 12.3 Å². The first-order valence-electron chi connectivity index (χ1n) is 5.12. The molecule has 15 heavy (non-hydrogen) atoms. The zero-order valence-electron chi connectivity index (χ0n) is 8.96. The Morgan fingerprint density at radius 2 is 2.20 bits per heavy atom. The van der Waals surface area contributed by atoms with Crippen LogP contribution < -0.4 is 5.32 Å². The molecule has 0 heterocycles. The molecule has 0 bridgehead atoms. The van der Waals surface area contributed by atoms with Crippen LogP contribution in [0.25, 0.3) is 0 Å². The van der Waals surface area contributed by atoms with Crippen LogP contribution in [0.15, 0.2) is 24.3 Å². The van der Waals surface area contributed by atoms with Gasteiger partial charge < -0.3 is 5.32 Å². The molecule has 0 fully saturated rings. The summed E-state index contributed by atoms with van der Waals surface area (Å²) >= 11 is 0. The predicted molar refractivity (Wildman–Crippen MR) is 61.0 cm³/mol. The van der Waals surface area contributed by atoms with Crippen molar-refractivity contribution in [2.75, 3.05) is 7.05 Å². The number of nitrogens with one attached hydrogen (secondary N) is 1. The summed E-state index contributed by atoms with van der Waals surface area (Å²) in [6.07, 6.45) is 7.49. The molecule has 1 unspecified atom stereocenters. The van der Waals surface area contributed by atoms with E-state index in [1.807, 2.05) is 19.2 Å². The van der Waals surface area contributed by atoms with E-state index in [2.05, 4.69) is 11.2 Å². The Morgan fingerprint density at radius 3 is 2.80 bits per heavy atom. The lowest BCUT2D eigenvalue weighted by Gasteiger charge is -2.15. The molecule has 0 aliphatic rings. The largest absolute Gasteiger partial charge is 0.317 e. The van der Waals surface area contributed by atoms with Crippen molar-refractivity contribution in [2.45, 2.75) is 25.3 Å². The lowest BCUT2D eigenvalue weighted by molar-refractivity contribution is 0.510. The lowest BCUT2D eigenvalue weighted by atomic mass is 10.0. The minimum absolute atomic E-state index is 0.140. The van der Waals surface area contributed by atoms with E-state index in [9.17, 15) is 4.39 Å². The van der Waals surface area contributed by atoms with Crippen LogP contribution in [0.2, 0.25) is 0 Å². The highest BCUT2D eigenvalue weighted by atomic mass is 19.1. The topological polar surface area (TPSA) is 12.0 Å². The molecule has 1 nitrogen and oxygen atoms in total. The molecule has 1 aromatic carbocycles. The molecular formula is C13H16FN. The van der Waals surface area contributed by atoms with Crippen LogP contribution in [0.4, 0.5) is 4.39 Å². The Kier molecular flexibility index (Phi) is 4.86. The van der Waals surface area contributed by atoms with Gasteiger partial charge in [-0.2, -0.15) is 0 Å². The highest BCUT2D eigenvalue weighted by molar-refractivity contribution is 5.18. The van der Waals surface area contributed by atoms with Gasteiger partial charge in [0.25, 0.3) is 0 Å². The molecule has 0 aromatic heterocycles. The summed E-state index contributed by atoms with van der Waals surface area (Å²) in [6, 6.07) is 7.11. The zero-order valence-corrected chi connectivity index (χ0v) is 8.96. The van der Waals surface area contributed by atoms with Gasteiger partial charge in [0.05, 0.1) is 0 Å². The highest BCUT2D eigenvalue weighted by Crippen LogP contribution is 2.11. The van der Waals surface area contributed by atoms with Gasteiger partial charge in [0.1, 0.15) is 5.82 Å². The van der Waals surface area contributed by atoms with Crippen molar-refractivity contribution in [3.63, 3.8) is 0 Å². The van der Waals surface area contributed by atoms with Crippen molar-refractivity contribution in [3.8, 4) is 12.3 Å². The molecule has 1 rings (SSSR count). The first kappa shape index (κ1) is 11.7. The molecule has 0 aliphatic carbocycles. The van der Waals surface area contributed by atoms with Gasteiger partial charge in [-0.25, -0.2) is 4.39 Å². The molecule has 1 aromatic rings. The van der Waals surface area contributed by atoms with Crippen LogP contribution in [-0.4, -0.2) is 13.1 Å². The second-order valence-corrected chi connectivity index (χ2v) is 3.52. The molecule has 2 heteroatoms. The van der Waals surface area contributed by atoms with Crippen molar-refractivity contribution in [3.05, 3.63) is 35.6 Å². The Balaban J connectivity index is 2.59. The molecule has 0 saturated heterocycles. The summed E-state index contributed by atoms with van der Waals surface area (Å²) in [5.74, 6) is 2.46. The molecular weight excluding hydrogens is 189 g/mol. The summed E-state index contributed by atoms with van der Waals surface area (Å²) in [6.45, 7) is 0. The van der Waals surface area contributed by atoms with Crippen molar-refractivity contribution in [1.82, 2.24) is 5.32 Å². The molecule has 1 atom stereocenters. The van der Waals surface area contributed by atoms with Crippen LogP contribution in [-0.2, 0) is 6.42 Å². The average Bonchev–Trinajstić information content (AvgIpc) is 2.26. The molecule has 0 radical (unpaired) electrons. The van der Waals surface area contributed by atoms with Crippen LogP contribution >= 0.6 is 0 Å². The van der Waals surface area contributed by atoms with Crippen molar-refractivity contribution >= 4 is 0 Å². The van der Waals surface area contributed by atoms with Gasteiger partial charge >= 0.3 is 0 Å². The van der Waals surface area contributed by atoms with Gasteiger partial charge in [-0.1, -0.05) is 18.2 Å². The van der Waals surface area contributed by atoms with E-state index < -0.39 is 0 Å². The van der Waals surface area contributed by atoms with Crippen LogP contribution in [0.5, 0.6) is 0 Å². The minimum atomic E-state index is -0.140. The Labute approximate surface area is 90.7 Å². The maximum atomic E-state index is 13.3. The smallest absolute Gasteiger partial charge is 0.126 e. The number of hydrogen-bond acceptors (Lipinski definition) is 1. The third-order valence-corrected chi connectivity index (χ3v) is 2.47. The molecule has 0 spiro atoms. The number of hydrogen-bond donors (Lipinski definition) is 1. The van der Waals surface area contributed by atoms with E-state index in [0.717, 1.165) is 18.4 Å². The fourth-order valence-corrected chi connectivity index (χ4v) is 1.54. The van der Waals surface area contributed by atoms with Gasteiger partial charge in [-0.3, -0.25) is 0 Å². The third kappa shape index (κ3) is 3.73. The summed E-state index contributed by atoms with van der Waals surface area (Å²) in [5.41, 5.74) is 0.744. The minimum Gasteiger partial charge on any atom is -0.317 e. The van der Waals surface area contributed by atoms with Gasteiger partial charge in [0, 0.05) is 12.5 Å². The Hall–Kier alpha value is -1.33. The fraction of sp³-hybridized carbons (Fsp3) is 0.385. The van der Waals surface area contributed by atoms with Gasteiger partial charge in [0.15, 0.2) is 0 Å². The maximum Gasteiger partial charge on any atom is 0.126 e. The normalized spacial score (nSPS) is 12.1. The Bertz CT molecular complexity index is 341. The van der Waals surface area contributed by atoms with E-state index in [1.165, 1.54) is 6.07 Å². The first-order chi connectivity index (χ1) is 7.27. The fourth-order valence-electron chi connectivity index (χ4n) is 1.54. The number of rotatable bonds is 5. The number of terminal acetylenes is 1. The van der Waals surface area contributed by atoms with E-state index in [-0.39, 0.29) is 11.9 Å². The zero-order chi connectivity index (χ0) is 11.1. The van der Waals surface area contributed by atoms with E-state index in [0.29, 0.717) is 6.42 Å². The SMILES string of the molecule is C#CCCC(Cc1ccccc1F)NC. The standard InChI is InChI=1S/C13H16FN/c1-3-4-8-12(15-2)10-11-7-5-6-9-13(11)14/h1,5-7,9,12,15H,4,8,10H2,2H3. The van der Waals surface area contributed by atoms with E-state index in [1.54, 1.807) is 6.07 Å². The summed E-state index contributed by atoms with van der Waals surface area (Å²) in [4.78, 5) is 0. The van der Waals surface area contributed by atoms with Gasteiger partial charge in [-0.05, 0) is 31.5 Å². The van der Waals surface area contributed by atoms with E-state index >= 15 is 0 Å². The van der Waals surface area contributed by atoms with Crippen LogP contribution in [0.1, 0.15) is 18.4 Å². The van der Waals surface area contributed by atoms with Gasteiger partial charge in [0.2, 0.25) is 0 Å². The summed E-state index contributed by atoms with van der Waals surface area (Å²) in [7, 11) is 1.88. The number of benzene rings is 1. The number of likely N-dealkylation sites (N-methyl/N-ethyl adjacent to an activating group) is 1. The van der Waals surface area contributed by atoms with Crippen molar-refractivity contribution in [2.24, 2.45) is 0 Å². The summed E-state index contributed by atoms with van der Waals surface area (Å²) in [5, 5.41) is 3.15. The monoisotopic (exact) mass is 205 g/mol. The van der Waals surface area contributed by atoms with Crippen molar-refractivity contribution in [1.29, 1.82) is 0 Å². The quantitative estimate of drug-likeness (QED) is 0.728. The second-order valence-electron chi connectivity index (χ2n) is 3.52. The number of halogens is 1. The maximum absolute atomic E-state index is 13.3. The second kappa shape index (κ2) is 6.21. The average molecular weight is 205 g/mol. The van der Waals surface area contributed by atoms with E-state index in [4.69, 9.17) is 6.42 Å². The molecule has 80 valence electrons. The molecule has 1 N–H and O–H groups in total. The predicted octanol–water partition coefficient (Wildman–Crippen LogP) is 2.37. The van der Waals surface area contributed by atoms with Crippen LogP contribution in [0, 0.1) is 18.2 Å². The summed E-state index contributed by atoms with van der Waals surface area (Å²) < 4.78 is 13.3. The molecule has 0 saturated carbocycles. The molecule has 0 aliphatic heterocycles. The first-order valence-corrected chi connectivity index (χ1v) is 5.12. The third-order valence-electron chi connectivity index (χ3n) is 2.47. The Morgan fingerprint density at radius 1 is 1.47 bits per heavy atom. The molecule has 0 amide bonds. The van der Waals surface area contributed by atoms with Crippen LogP contribution in [0.3, 0.4) is 0 Å². The lowest BCUT2D eigenvalue weighted by Crippen LogP contribution is -2.27.